The molecule has 4 aliphatic heterocycles. The smallest absolute Gasteiger partial charge is 0.481 e. The molecular formula is C51H70BBrF3N13O9S4. The molecule has 4 fully saturated rings. The highest BCUT2D eigenvalue weighted by molar-refractivity contribution is 9.10. The number of fused-ring (bicyclic) bond motifs is 2. The number of aryl methyl sites for hydroxylation is 2. The largest absolute Gasteiger partial charge is 0.531 e. The Labute approximate surface area is 493 Å². The zero-order valence-corrected chi connectivity index (χ0v) is 52.4. The zero-order valence-electron chi connectivity index (χ0n) is 47.5. The Bertz CT molecular complexity index is 3470. The number of methoxy groups -OCH3 is 2. The van der Waals surface area contributed by atoms with E-state index in [1.54, 1.807) is 29.8 Å². The van der Waals surface area contributed by atoms with Crippen LogP contribution in [0.4, 0.5) is 30.5 Å². The Balaban J connectivity index is 0.000000180. The number of rotatable bonds is 14. The number of sulfone groups is 1. The molecule has 1 amide bonds. The van der Waals surface area contributed by atoms with Crippen LogP contribution in [0.25, 0.3) is 42.9 Å². The number of amides is 1. The fourth-order valence-electron chi connectivity index (χ4n) is 9.90. The van der Waals surface area contributed by atoms with Crippen molar-refractivity contribution in [2.24, 2.45) is 0 Å². The Morgan fingerprint density at radius 2 is 1.23 bits per heavy atom. The van der Waals surface area contributed by atoms with Gasteiger partial charge in [-0.3, -0.25) is 14.6 Å². The number of aromatic nitrogens is 6. The third kappa shape index (κ3) is 15.9. The van der Waals surface area contributed by atoms with Crippen LogP contribution in [-0.2, 0) is 46.4 Å². The van der Waals surface area contributed by atoms with E-state index in [0.717, 1.165) is 106 Å². The minimum atomic E-state index is -4.60. The molecule has 31 heteroatoms. The van der Waals surface area contributed by atoms with Gasteiger partial charge in [0.1, 0.15) is 11.2 Å². The van der Waals surface area contributed by atoms with Crippen molar-refractivity contribution in [3.05, 3.63) is 49.9 Å². The number of hydrogen-bond acceptors (Lipinski definition) is 22. The summed E-state index contributed by atoms with van der Waals surface area (Å²) in [6, 6.07) is 3.40. The van der Waals surface area contributed by atoms with Crippen LogP contribution in [-0.4, -0.2) is 227 Å². The van der Waals surface area contributed by atoms with Crippen LogP contribution in [0.2, 0.25) is 0 Å². The number of thiophene rings is 2. The van der Waals surface area contributed by atoms with Crippen LogP contribution in [0.1, 0.15) is 27.8 Å². The van der Waals surface area contributed by atoms with Crippen LogP contribution in [0.15, 0.2) is 29.0 Å². The lowest BCUT2D eigenvalue weighted by Crippen LogP contribution is -3.16. The Kier molecular flexibility index (Phi) is 20.7. The van der Waals surface area contributed by atoms with Crippen LogP contribution >= 0.6 is 38.6 Å². The number of quaternary nitrogens is 1. The molecule has 0 saturated carbocycles. The van der Waals surface area contributed by atoms with E-state index in [1.807, 2.05) is 24.9 Å². The van der Waals surface area contributed by atoms with E-state index in [2.05, 4.69) is 59.5 Å². The van der Waals surface area contributed by atoms with Gasteiger partial charge in [-0.15, -0.1) is 22.7 Å². The number of hydrogen-bond donors (Lipinski definition) is 1. The first-order valence-corrected chi connectivity index (χ1v) is 33.0. The molecule has 4 aliphatic rings. The van der Waals surface area contributed by atoms with Crippen molar-refractivity contribution in [1.82, 2.24) is 44.6 Å². The van der Waals surface area contributed by atoms with Crippen molar-refractivity contribution >= 4 is 109 Å². The second-order valence-corrected chi connectivity index (χ2v) is 27.9. The molecule has 448 valence electrons. The van der Waals surface area contributed by atoms with Gasteiger partial charge in [-0.05, 0) is 56.0 Å². The molecular weight excluding hydrogens is 1210 g/mol. The number of nitrogens with zero attached hydrogens (tertiary/aromatic N) is 12. The Morgan fingerprint density at radius 1 is 0.732 bits per heavy atom. The summed E-state index contributed by atoms with van der Waals surface area (Å²) in [5, 5.41) is 0. The van der Waals surface area contributed by atoms with Crippen molar-refractivity contribution in [3.8, 4) is 34.3 Å². The van der Waals surface area contributed by atoms with Gasteiger partial charge in [0.15, 0.2) is 9.84 Å². The van der Waals surface area contributed by atoms with E-state index in [9.17, 15) is 34.6 Å². The topological polar surface area (TPSA) is 223 Å². The first kappa shape index (κ1) is 63.1. The molecule has 0 radical (unpaired) electrons. The summed E-state index contributed by atoms with van der Waals surface area (Å²) >= 11 is 6.84. The van der Waals surface area contributed by atoms with Gasteiger partial charge in [-0.2, -0.15) is 0 Å². The second kappa shape index (κ2) is 27.0. The lowest BCUT2D eigenvalue weighted by Gasteiger charge is -2.32. The second-order valence-electron chi connectivity index (χ2n) is 20.7. The van der Waals surface area contributed by atoms with Gasteiger partial charge >= 0.3 is 6.98 Å². The average Bonchev–Trinajstić information content (AvgIpc) is 4.10. The first-order chi connectivity index (χ1) is 38.8. The van der Waals surface area contributed by atoms with Gasteiger partial charge in [0.25, 0.3) is 0 Å². The fraction of sp³-hybridized carbons (Fsp3) is 0.549. The van der Waals surface area contributed by atoms with E-state index in [4.69, 9.17) is 38.9 Å². The average molecular weight is 1290 g/mol. The van der Waals surface area contributed by atoms with Crippen LogP contribution < -0.4 is 28.5 Å². The van der Waals surface area contributed by atoms with E-state index in [-0.39, 0.29) is 17.3 Å². The predicted molar refractivity (Wildman–Crippen MR) is 319 cm³/mol. The Hall–Kier alpha value is -4.96. The molecule has 0 bridgehead atoms. The molecule has 0 unspecified atom stereocenters. The van der Waals surface area contributed by atoms with Gasteiger partial charge in [0.05, 0.1) is 103 Å². The van der Waals surface area contributed by atoms with Crippen molar-refractivity contribution in [2.45, 2.75) is 33.1 Å². The van der Waals surface area contributed by atoms with Crippen LogP contribution in [0.3, 0.4) is 0 Å². The normalized spacial score (nSPS) is 17.3. The Morgan fingerprint density at radius 3 is 1.74 bits per heavy atom. The molecule has 0 aliphatic carbocycles. The maximum absolute atomic E-state index is 12.4. The third-order valence-corrected chi connectivity index (χ3v) is 19.6. The predicted octanol–water partition coefficient (Wildman–Crippen LogP) is 4.38. The number of sulfonamides is 1. The molecule has 6 aromatic heterocycles. The summed E-state index contributed by atoms with van der Waals surface area (Å²) in [4.78, 5) is 54.7. The van der Waals surface area contributed by atoms with Crippen molar-refractivity contribution < 1.29 is 58.4 Å². The number of carbonyl (C=O) groups excluding carboxylic acids is 1. The summed E-state index contributed by atoms with van der Waals surface area (Å²) < 4.78 is 110. The number of ether oxygens (including phenoxy) is 4. The number of likely N-dealkylation sites (N-methyl/N-ethyl adjacent to an activating group) is 2. The number of halogens is 4. The minimum Gasteiger partial charge on any atom is -0.481 e. The SMILES string of the molecule is CN1CC[NH+](C[B-](F)(F)F)CC1.COc1ncc(-c2nc(N3CCOCC3)nc3c(Br)c(C)sc23)cc1N(C(C)=O)S(C)(=O)=O.COc1ncc(-c2nc(N3CCOCC3)nc3c(CN4CCN(C)CC4)c(C)sc23)cc1CS(C)(=O)=O. The van der Waals surface area contributed by atoms with Gasteiger partial charge in [0, 0.05) is 130 Å². The van der Waals surface area contributed by atoms with Gasteiger partial charge in [0.2, 0.25) is 39.6 Å². The fourth-order valence-corrected chi connectivity index (χ4v) is 14.4. The van der Waals surface area contributed by atoms with Crippen LogP contribution in [0, 0.1) is 13.8 Å². The van der Waals surface area contributed by atoms with Crippen LogP contribution in [0.5, 0.6) is 11.8 Å². The summed E-state index contributed by atoms with van der Waals surface area (Å²) in [6.07, 6.45) is 4.82. The van der Waals surface area contributed by atoms with Gasteiger partial charge < -0.3 is 51.5 Å². The highest BCUT2D eigenvalue weighted by Gasteiger charge is 2.32. The number of nitrogens with one attached hydrogen (secondary N) is 1. The number of piperazine rings is 2. The maximum atomic E-state index is 12.4. The molecule has 0 atom stereocenters. The number of carbonyl (C=O) groups is 1. The molecule has 0 aromatic carbocycles. The lowest BCUT2D eigenvalue weighted by atomic mass is 9.91. The third-order valence-electron chi connectivity index (χ3n) is 14.2. The molecule has 4 saturated heterocycles. The number of anilines is 3. The van der Waals surface area contributed by atoms with Gasteiger partial charge in [-0.25, -0.2) is 51.0 Å². The van der Waals surface area contributed by atoms with E-state index >= 15 is 0 Å². The van der Waals surface area contributed by atoms with Crippen molar-refractivity contribution in [3.63, 3.8) is 0 Å². The summed E-state index contributed by atoms with van der Waals surface area (Å²) in [6.45, 7) is 13.7. The maximum Gasteiger partial charge on any atom is 0.531 e. The van der Waals surface area contributed by atoms with E-state index in [1.165, 1.54) is 49.2 Å². The molecule has 6 aromatic rings. The quantitative estimate of drug-likeness (QED) is 0.149. The number of morpholine rings is 2. The summed E-state index contributed by atoms with van der Waals surface area (Å²) in [5.74, 6) is 0.713. The molecule has 1 N–H and O–H groups in total. The van der Waals surface area contributed by atoms with Gasteiger partial charge in [-0.1, -0.05) is 0 Å². The lowest BCUT2D eigenvalue weighted by molar-refractivity contribution is -0.896. The van der Waals surface area contributed by atoms with E-state index < -0.39 is 39.2 Å². The molecule has 82 heavy (non-hydrogen) atoms. The highest BCUT2D eigenvalue weighted by Crippen LogP contribution is 2.43. The molecule has 10 rings (SSSR count). The standard InChI is InChI=1S/C25H34N6O4S2.C20H22BrN5O5S2.C6H13BF3N2/c1-17-20(15-30-7-5-29(2)6-8-30)22-23(36-17)21(27-25(28-22)31-9-11-35-12-10-31)18-13-19(16-37(4,32)33)24(34-3)26-14-18;1-11-15(21)17-18(32-11)16(23-20(24-17)25-5-7-31-8-6-25)13-9-14(19(30-3)22-10-13)26(12(2)27)33(4,28)29;1-11-2-4-12(5-3-11)6-7(8,9)10/h13-14H,5-12,15-16H2,1-4H3;9-10H,5-8H2,1-4H3;2-6H2,1H3/q;;-1/p+1. The molecule has 0 spiro atoms. The first-order valence-electron chi connectivity index (χ1n) is 26.6. The zero-order chi connectivity index (χ0) is 59.3. The molecule has 10 heterocycles. The minimum absolute atomic E-state index is 0.0154. The summed E-state index contributed by atoms with van der Waals surface area (Å²) in [5.41, 5.74) is 6.17. The monoisotopic (exact) mass is 1280 g/mol. The van der Waals surface area contributed by atoms with Crippen molar-refractivity contribution in [1.29, 1.82) is 0 Å². The van der Waals surface area contributed by atoms with Crippen molar-refractivity contribution in [2.75, 3.05) is 166 Å². The highest BCUT2D eigenvalue weighted by atomic mass is 79.9. The number of pyridine rings is 2. The van der Waals surface area contributed by atoms with E-state index in [0.29, 0.717) is 96.4 Å². The summed E-state index contributed by atoms with van der Waals surface area (Å²) in [7, 11) is -0.225. The molecule has 22 nitrogen and oxygen atoms in total.